The van der Waals surface area contributed by atoms with Gasteiger partial charge in [-0.15, -0.1) is 11.8 Å². The van der Waals surface area contributed by atoms with Gasteiger partial charge in [-0.2, -0.15) is 0 Å². The molecule has 1 saturated carbocycles. The van der Waals surface area contributed by atoms with Gasteiger partial charge < -0.3 is 5.73 Å². The Kier molecular flexibility index (Phi) is 5.43. The summed E-state index contributed by atoms with van der Waals surface area (Å²) in [5, 5.41) is 1.82. The van der Waals surface area contributed by atoms with E-state index in [0.29, 0.717) is 11.7 Å². The zero-order valence-corrected chi connectivity index (χ0v) is 15.2. The number of aromatic nitrogens is 3. The van der Waals surface area contributed by atoms with Crippen LogP contribution in [0.15, 0.2) is 34.6 Å². The third-order valence-electron chi connectivity index (χ3n) is 4.24. The van der Waals surface area contributed by atoms with E-state index in [2.05, 4.69) is 34.0 Å². The molecule has 0 spiro atoms. The highest BCUT2D eigenvalue weighted by Crippen LogP contribution is 2.37. The molecule has 0 bridgehead atoms. The van der Waals surface area contributed by atoms with Gasteiger partial charge in [0.25, 0.3) is 0 Å². The first-order valence-corrected chi connectivity index (χ1v) is 10.1. The lowest BCUT2D eigenvalue weighted by Gasteiger charge is -2.14. The van der Waals surface area contributed by atoms with E-state index in [9.17, 15) is 0 Å². The standard InChI is InChI=1S/C17H22N4S2/c1-11(23-17-20-15(18)10-16(21-17)22-2)14-9-13(7-8-19-14)12-5-3-4-6-12/h7-12H,3-6H2,1-2H3,(H2,18,20,21). The Morgan fingerprint density at radius 3 is 2.74 bits per heavy atom. The van der Waals surface area contributed by atoms with Crippen LogP contribution in [-0.4, -0.2) is 21.2 Å². The lowest BCUT2D eigenvalue weighted by molar-refractivity contribution is 0.719. The molecule has 0 amide bonds. The molecule has 0 aliphatic heterocycles. The predicted octanol–water partition coefficient (Wildman–Crippen LogP) is 4.69. The number of hydrogen-bond acceptors (Lipinski definition) is 6. The predicted molar refractivity (Wildman–Crippen MR) is 97.9 cm³/mol. The van der Waals surface area contributed by atoms with Crippen LogP contribution in [0.2, 0.25) is 0 Å². The number of rotatable bonds is 5. The molecule has 0 saturated heterocycles. The fraction of sp³-hybridized carbons (Fsp3) is 0.471. The average Bonchev–Trinajstić information content (AvgIpc) is 3.09. The van der Waals surface area contributed by atoms with E-state index in [1.54, 1.807) is 29.6 Å². The van der Waals surface area contributed by atoms with Crippen molar-refractivity contribution in [2.45, 2.75) is 54.0 Å². The Hall–Kier alpha value is -1.27. The Morgan fingerprint density at radius 2 is 2.00 bits per heavy atom. The summed E-state index contributed by atoms with van der Waals surface area (Å²) >= 11 is 3.19. The van der Waals surface area contributed by atoms with E-state index in [1.165, 1.54) is 31.2 Å². The van der Waals surface area contributed by atoms with Gasteiger partial charge in [-0.25, -0.2) is 9.97 Å². The molecule has 122 valence electrons. The van der Waals surface area contributed by atoms with Crippen LogP contribution >= 0.6 is 23.5 Å². The molecule has 1 unspecified atom stereocenters. The van der Waals surface area contributed by atoms with Crippen molar-refractivity contribution in [2.75, 3.05) is 12.0 Å². The van der Waals surface area contributed by atoms with Crippen molar-refractivity contribution in [2.24, 2.45) is 0 Å². The van der Waals surface area contributed by atoms with Gasteiger partial charge >= 0.3 is 0 Å². The van der Waals surface area contributed by atoms with Gasteiger partial charge in [-0.05, 0) is 49.6 Å². The summed E-state index contributed by atoms with van der Waals surface area (Å²) in [5.41, 5.74) is 8.39. The highest BCUT2D eigenvalue weighted by atomic mass is 32.2. The number of thioether (sulfide) groups is 2. The van der Waals surface area contributed by atoms with E-state index >= 15 is 0 Å². The third-order valence-corrected chi connectivity index (χ3v) is 5.86. The molecule has 0 radical (unpaired) electrons. The molecule has 23 heavy (non-hydrogen) atoms. The summed E-state index contributed by atoms with van der Waals surface area (Å²) in [4.78, 5) is 13.4. The Labute approximate surface area is 146 Å². The number of nitrogens with two attached hydrogens (primary N) is 1. The average molecular weight is 347 g/mol. The van der Waals surface area contributed by atoms with Gasteiger partial charge in [0.1, 0.15) is 10.8 Å². The maximum atomic E-state index is 5.86. The highest BCUT2D eigenvalue weighted by Gasteiger charge is 2.19. The van der Waals surface area contributed by atoms with Crippen molar-refractivity contribution >= 4 is 29.3 Å². The van der Waals surface area contributed by atoms with E-state index in [1.807, 2.05) is 12.5 Å². The fourth-order valence-electron chi connectivity index (χ4n) is 3.00. The molecular formula is C17H22N4S2. The molecule has 2 heterocycles. The summed E-state index contributed by atoms with van der Waals surface area (Å²) in [5.74, 6) is 1.23. The number of nitrogen functional groups attached to an aromatic ring is 1. The van der Waals surface area contributed by atoms with Gasteiger partial charge in [0.2, 0.25) is 0 Å². The number of anilines is 1. The topological polar surface area (TPSA) is 64.7 Å². The van der Waals surface area contributed by atoms with Crippen LogP contribution in [0.3, 0.4) is 0 Å². The summed E-state index contributed by atoms with van der Waals surface area (Å²) in [7, 11) is 0. The molecule has 1 aliphatic rings. The first kappa shape index (κ1) is 16.6. The Morgan fingerprint density at radius 1 is 1.22 bits per heavy atom. The third kappa shape index (κ3) is 4.18. The maximum Gasteiger partial charge on any atom is 0.191 e. The summed E-state index contributed by atoms with van der Waals surface area (Å²) in [6.45, 7) is 2.15. The molecule has 1 atom stereocenters. The normalized spacial score (nSPS) is 16.6. The van der Waals surface area contributed by atoms with Crippen LogP contribution in [-0.2, 0) is 0 Å². The van der Waals surface area contributed by atoms with E-state index in [4.69, 9.17) is 5.73 Å². The molecule has 1 fully saturated rings. The SMILES string of the molecule is CSc1cc(N)nc(SC(C)c2cc(C3CCCC3)ccn2)n1. The van der Waals surface area contributed by atoms with Crippen molar-refractivity contribution in [3.8, 4) is 0 Å². The second kappa shape index (κ2) is 7.53. The largest absolute Gasteiger partial charge is 0.384 e. The number of hydrogen-bond donors (Lipinski definition) is 1. The second-order valence-electron chi connectivity index (χ2n) is 5.87. The Bertz CT molecular complexity index is 671. The lowest BCUT2D eigenvalue weighted by Crippen LogP contribution is -2.01. The van der Waals surface area contributed by atoms with Crippen molar-refractivity contribution in [3.05, 3.63) is 35.7 Å². The molecule has 0 aromatic carbocycles. The molecule has 1 aliphatic carbocycles. The first-order chi connectivity index (χ1) is 11.2. The molecule has 2 aromatic rings. The van der Waals surface area contributed by atoms with E-state index in [-0.39, 0.29) is 5.25 Å². The zero-order valence-electron chi connectivity index (χ0n) is 13.5. The van der Waals surface area contributed by atoms with Crippen LogP contribution in [0, 0.1) is 0 Å². The van der Waals surface area contributed by atoms with Crippen LogP contribution < -0.4 is 5.73 Å². The minimum absolute atomic E-state index is 0.202. The molecule has 2 aromatic heterocycles. The van der Waals surface area contributed by atoms with Gasteiger partial charge in [-0.3, -0.25) is 4.98 Å². The molecular weight excluding hydrogens is 324 g/mol. The molecule has 6 heteroatoms. The van der Waals surface area contributed by atoms with Crippen molar-refractivity contribution in [1.82, 2.24) is 15.0 Å². The molecule has 3 rings (SSSR count). The van der Waals surface area contributed by atoms with Crippen LogP contribution in [0.4, 0.5) is 5.82 Å². The highest BCUT2D eigenvalue weighted by molar-refractivity contribution is 7.99. The summed E-state index contributed by atoms with van der Waals surface area (Å²) < 4.78 is 0. The van der Waals surface area contributed by atoms with Crippen molar-refractivity contribution in [3.63, 3.8) is 0 Å². The fourth-order valence-corrected chi connectivity index (χ4v) is 4.35. The summed E-state index contributed by atoms with van der Waals surface area (Å²) in [6.07, 6.45) is 9.24. The van der Waals surface area contributed by atoms with Gasteiger partial charge in [-0.1, -0.05) is 24.6 Å². The number of nitrogens with zero attached hydrogens (tertiary/aromatic N) is 3. The van der Waals surface area contributed by atoms with Gasteiger partial charge in [0.15, 0.2) is 5.16 Å². The van der Waals surface area contributed by atoms with Gasteiger partial charge in [0, 0.05) is 12.3 Å². The number of pyridine rings is 1. The quantitative estimate of drug-likeness (QED) is 0.481. The second-order valence-corrected chi connectivity index (χ2v) is 8.01. The molecule has 2 N–H and O–H groups in total. The summed E-state index contributed by atoms with van der Waals surface area (Å²) in [6, 6.07) is 6.23. The minimum atomic E-state index is 0.202. The molecule has 4 nitrogen and oxygen atoms in total. The zero-order chi connectivity index (χ0) is 16.2. The van der Waals surface area contributed by atoms with Crippen LogP contribution in [0.5, 0.6) is 0 Å². The smallest absolute Gasteiger partial charge is 0.191 e. The lowest BCUT2D eigenvalue weighted by atomic mass is 9.98. The van der Waals surface area contributed by atoms with Gasteiger partial charge in [0.05, 0.1) is 10.9 Å². The van der Waals surface area contributed by atoms with Crippen LogP contribution in [0.1, 0.15) is 55.0 Å². The Balaban J connectivity index is 1.76. The van der Waals surface area contributed by atoms with Crippen molar-refractivity contribution < 1.29 is 0 Å². The van der Waals surface area contributed by atoms with Crippen molar-refractivity contribution in [1.29, 1.82) is 0 Å². The first-order valence-electron chi connectivity index (χ1n) is 7.97. The maximum absolute atomic E-state index is 5.86. The van der Waals surface area contributed by atoms with E-state index in [0.717, 1.165) is 15.9 Å². The van der Waals surface area contributed by atoms with E-state index < -0.39 is 0 Å². The monoisotopic (exact) mass is 346 g/mol. The van der Waals surface area contributed by atoms with Crippen LogP contribution in [0.25, 0.3) is 0 Å². The minimum Gasteiger partial charge on any atom is -0.384 e.